The number of carbonyl (C=O) groups excluding carboxylic acids is 1. The normalized spacial score (nSPS) is 16.1. The number of ether oxygens (including phenoxy) is 2. The number of rotatable bonds is 8. The molecule has 0 atom stereocenters. The monoisotopic (exact) mass is 611 g/mol. The molecule has 5 heterocycles. The first-order valence-electron chi connectivity index (χ1n) is 14.8. The maximum Gasteiger partial charge on any atom is 0.245 e. The van der Waals surface area contributed by atoms with Gasteiger partial charge in [0.05, 0.1) is 24.0 Å². The maximum absolute atomic E-state index is 14.6. The average Bonchev–Trinajstić information content (AvgIpc) is 3.66. The number of benzene rings is 2. The quantitative estimate of drug-likeness (QED) is 0.152. The van der Waals surface area contributed by atoms with Gasteiger partial charge in [-0.3, -0.25) is 9.48 Å². The minimum atomic E-state index is -0.363. The molecule has 1 spiro atoms. The van der Waals surface area contributed by atoms with Crippen LogP contribution < -0.4 is 9.64 Å². The number of piperidine rings is 1. The molecule has 0 radical (unpaired) electrons. The summed E-state index contributed by atoms with van der Waals surface area (Å²) in [6, 6.07) is 13.2. The lowest BCUT2D eigenvalue weighted by Gasteiger charge is -2.54. The lowest BCUT2D eigenvalue weighted by molar-refractivity contribution is -0.138. The van der Waals surface area contributed by atoms with E-state index in [1.807, 2.05) is 22.8 Å². The van der Waals surface area contributed by atoms with Crippen molar-refractivity contribution < 1.29 is 18.7 Å². The Morgan fingerprint density at radius 3 is 2.84 bits per heavy atom. The van der Waals surface area contributed by atoms with Gasteiger partial charge in [-0.1, -0.05) is 12.6 Å². The molecule has 44 heavy (non-hydrogen) atoms. The van der Waals surface area contributed by atoms with Crippen LogP contribution in [0.1, 0.15) is 12.8 Å². The lowest BCUT2D eigenvalue weighted by atomic mass is 9.73. The smallest absolute Gasteiger partial charge is 0.245 e. The molecule has 1 amide bonds. The molecule has 5 aromatic rings. The highest BCUT2D eigenvalue weighted by molar-refractivity contribution is 7.18. The summed E-state index contributed by atoms with van der Waals surface area (Å²) in [6.45, 7) is 7.36. The first-order valence-corrected chi connectivity index (χ1v) is 15.7. The number of thiophene rings is 1. The number of halogens is 1. The third-order valence-electron chi connectivity index (χ3n) is 8.87. The van der Waals surface area contributed by atoms with E-state index in [-0.39, 0.29) is 17.1 Å². The molecular weight excluding hydrogens is 577 g/mol. The number of aryl methyl sites for hydroxylation is 1. The zero-order valence-electron chi connectivity index (χ0n) is 24.9. The number of fused-ring (bicyclic) bond motifs is 2. The highest BCUT2D eigenvalue weighted by Gasteiger charge is 2.47. The largest absolute Gasteiger partial charge is 0.490 e. The predicted molar refractivity (Wildman–Crippen MR) is 173 cm³/mol. The number of carbonyl (C=O) groups is 1. The van der Waals surface area contributed by atoms with E-state index in [9.17, 15) is 9.18 Å². The summed E-state index contributed by atoms with van der Waals surface area (Å²) < 4.78 is 28.8. The predicted octanol–water partition coefficient (Wildman–Crippen LogP) is 6.30. The van der Waals surface area contributed by atoms with Crippen molar-refractivity contribution in [2.45, 2.75) is 12.8 Å². The molecule has 0 saturated carbocycles. The van der Waals surface area contributed by atoms with Gasteiger partial charge in [0.15, 0.2) is 0 Å². The molecule has 2 aromatic carbocycles. The van der Waals surface area contributed by atoms with Crippen LogP contribution in [0, 0.1) is 11.2 Å². The van der Waals surface area contributed by atoms with Gasteiger partial charge in [-0.05, 0) is 54.6 Å². The SMILES string of the molecule is C=CC(=O)N1CC2(CCCN(c3nc(-c4ccc5c(cnn5C)c4)c4ccsc4c3-c3ccc(F)cc3OCCOC)C2)C1. The second-order valence-corrected chi connectivity index (χ2v) is 12.7. The number of amides is 1. The minimum absolute atomic E-state index is 0.00432. The Kier molecular flexibility index (Phi) is 7.34. The maximum atomic E-state index is 14.6. The summed E-state index contributed by atoms with van der Waals surface area (Å²) in [7, 11) is 3.56. The Labute approximate surface area is 259 Å². The Morgan fingerprint density at radius 2 is 2.02 bits per heavy atom. The van der Waals surface area contributed by atoms with Crippen LogP contribution in [0.4, 0.5) is 10.2 Å². The molecule has 10 heteroatoms. The Morgan fingerprint density at radius 1 is 1.16 bits per heavy atom. The van der Waals surface area contributed by atoms with Crippen molar-refractivity contribution in [2.75, 3.05) is 51.4 Å². The van der Waals surface area contributed by atoms with Crippen molar-refractivity contribution in [1.29, 1.82) is 0 Å². The standard InChI is InChI=1S/C34H34FN5O3S/c1-4-29(41)40-20-34(21-40)11-5-12-39(19-34)33-30(25-8-7-24(35)17-28(25)43-14-13-42-3)32-26(10-15-44-32)31(37-33)22-6-9-27-23(16-22)18-36-38(27)2/h4,6-10,15-18H,1,5,11-14,19-21H2,2-3H3. The molecule has 2 fully saturated rings. The van der Waals surface area contributed by atoms with E-state index in [0.717, 1.165) is 75.1 Å². The van der Waals surface area contributed by atoms with Crippen LogP contribution in [0.5, 0.6) is 5.75 Å². The van der Waals surface area contributed by atoms with E-state index in [4.69, 9.17) is 14.5 Å². The summed E-state index contributed by atoms with van der Waals surface area (Å²) in [5.41, 5.74) is 4.68. The second kappa shape index (κ2) is 11.3. The van der Waals surface area contributed by atoms with Crippen LogP contribution in [-0.2, 0) is 16.6 Å². The third-order valence-corrected chi connectivity index (χ3v) is 9.80. The van der Waals surface area contributed by atoms with E-state index in [2.05, 4.69) is 46.2 Å². The molecular formula is C34H34FN5O3S. The Hall–Kier alpha value is -4.28. The zero-order chi connectivity index (χ0) is 30.4. The Balaban J connectivity index is 1.40. The number of likely N-dealkylation sites (tertiary alicyclic amines) is 1. The van der Waals surface area contributed by atoms with Gasteiger partial charge in [0.2, 0.25) is 5.91 Å². The molecule has 2 aliphatic heterocycles. The van der Waals surface area contributed by atoms with Gasteiger partial charge in [-0.2, -0.15) is 5.10 Å². The molecule has 8 nitrogen and oxygen atoms in total. The molecule has 2 aliphatic rings. The van der Waals surface area contributed by atoms with E-state index < -0.39 is 0 Å². The van der Waals surface area contributed by atoms with Crippen molar-refractivity contribution in [3.05, 3.63) is 72.5 Å². The van der Waals surface area contributed by atoms with Crippen molar-refractivity contribution in [3.8, 4) is 28.1 Å². The van der Waals surface area contributed by atoms with Crippen molar-refractivity contribution >= 4 is 44.1 Å². The third kappa shape index (κ3) is 4.92. The number of hydrogen-bond acceptors (Lipinski definition) is 7. The number of aromatic nitrogens is 3. The number of anilines is 1. The summed E-state index contributed by atoms with van der Waals surface area (Å²) in [5, 5.41) is 8.60. The molecule has 0 unspecified atom stereocenters. The fourth-order valence-electron chi connectivity index (χ4n) is 6.77. The fraction of sp³-hybridized carbons (Fsp3) is 0.324. The van der Waals surface area contributed by atoms with Gasteiger partial charge in [0, 0.05) is 84.0 Å². The summed E-state index contributed by atoms with van der Waals surface area (Å²) >= 11 is 1.65. The molecule has 0 bridgehead atoms. The fourth-order valence-corrected chi connectivity index (χ4v) is 7.72. The number of pyridine rings is 1. The van der Waals surface area contributed by atoms with Gasteiger partial charge in [0.1, 0.15) is 24.0 Å². The van der Waals surface area contributed by atoms with Crippen LogP contribution in [0.3, 0.4) is 0 Å². The van der Waals surface area contributed by atoms with Crippen LogP contribution >= 0.6 is 11.3 Å². The minimum Gasteiger partial charge on any atom is -0.490 e. The first-order chi connectivity index (χ1) is 21.4. The summed E-state index contributed by atoms with van der Waals surface area (Å²) in [4.78, 5) is 22.0. The molecule has 2 saturated heterocycles. The second-order valence-electron chi connectivity index (χ2n) is 11.8. The summed E-state index contributed by atoms with van der Waals surface area (Å²) in [5.74, 6) is 0.918. The van der Waals surface area contributed by atoms with E-state index >= 15 is 0 Å². The molecule has 7 rings (SSSR count). The van der Waals surface area contributed by atoms with Crippen LogP contribution in [0.15, 0.2) is 66.7 Å². The van der Waals surface area contributed by atoms with Crippen molar-refractivity contribution in [1.82, 2.24) is 19.7 Å². The average molecular weight is 612 g/mol. The van der Waals surface area contributed by atoms with Crippen molar-refractivity contribution in [3.63, 3.8) is 0 Å². The van der Waals surface area contributed by atoms with Crippen LogP contribution in [0.2, 0.25) is 0 Å². The lowest BCUT2D eigenvalue weighted by Crippen LogP contribution is -2.64. The molecule has 3 aromatic heterocycles. The first kappa shape index (κ1) is 28.5. The molecule has 0 N–H and O–H groups in total. The highest BCUT2D eigenvalue weighted by Crippen LogP contribution is 2.48. The number of methoxy groups -OCH3 is 1. The zero-order valence-corrected chi connectivity index (χ0v) is 25.7. The van der Waals surface area contributed by atoms with Crippen LogP contribution in [-0.4, -0.2) is 72.1 Å². The number of hydrogen-bond donors (Lipinski definition) is 0. The number of nitrogens with zero attached hydrogens (tertiary/aromatic N) is 5. The van der Waals surface area contributed by atoms with Gasteiger partial charge < -0.3 is 19.3 Å². The topological polar surface area (TPSA) is 72.7 Å². The van der Waals surface area contributed by atoms with Crippen LogP contribution in [0.25, 0.3) is 43.4 Å². The molecule has 226 valence electrons. The van der Waals surface area contributed by atoms with Gasteiger partial charge >= 0.3 is 0 Å². The van der Waals surface area contributed by atoms with Gasteiger partial charge in [-0.25, -0.2) is 9.37 Å². The Bertz CT molecular complexity index is 1890. The van der Waals surface area contributed by atoms with E-state index in [1.165, 1.54) is 18.2 Å². The van der Waals surface area contributed by atoms with Crippen molar-refractivity contribution in [2.24, 2.45) is 12.5 Å². The molecule has 0 aliphatic carbocycles. The highest BCUT2D eigenvalue weighted by atomic mass is 32.1. The van der Waals surface area contributed by atoms with Gasteiger partial charge in [0.25, 0.3) is 0 Å². The van der Waals surface area contributed by atoms with E-state index in [0.29, 0.717) is 32.1 Å². The van der Waals surface area contributed by atoms with Gasteiger partial charge in [-0.15, -0.1) is 11.3 Å². The summed E-state index contributed by atoms with van der Waals surface area (Å²) in [6.07, 6.45) is 5.30. The van der Waals surface area contributed by atoms with E-state index in [1.54, 1.807) is 24.5 Å².